The van der Waals surface area contributed by atoms with Crippen molar-refractivity contribution in [1.82, 2.24) is 5.32 Å². The lowest BCUT2D eigenvalue weighted by molar-refractivity contribution is 0.0246. The van der Waals surface area contributed by atoms with E-state index >= 15 is 0 Å². The van der Waals surface area contributed by atoms with Crippen molar-refractivity contribution in [1.29, 1.82) is 0 Å². The molecule has 1 heterocycles. The van der Waals surface area contributed by atoms with Gasteiger partial charge in [-0.1, -0.05) is 25.1 Å². The highest BCUT2D eigenvalue weighted by atomic mass is 16.5. The van der Waals surface area contributed by atoms with E-state index < -0.39 is 5.60 Å². The summed E-state index contributed by atoms with van der Waals surface area (Å²) < 4.78 is 5.22. The lowest BCUT2D eigenvalue weighted by atomic mass is 10.00. The zero-order valence-corrected chi connectivity index (χ0v) is 10.7. The minimum absolute atomic E-state index is 0.0517. The van der Waals surface area contributed by atoms with Gasteiger partial charge in [0.25, 0.3) is 0 Å². The van der Waals surface area contributed by atoms with Crippen LogP contribution in [-0.2, 0) is 4.74 Å². The monoisotopic (exact) mass is 251 g/mol. The molecule has 0 aliphatic carbocycles. The maximum absolute atomic E-state index is 10.2. The average molecular weight is 251 g/mol. The van der Waals surface area contributed by atoms with Gasteiger partial charge < -0.3 is 20.3 Å². The second kappa shape index (κ2) is 5.69. The van der Waals surface area contributed by atoms with E-state index in [-0.39, 0.29) is 6.04 Å². The Hall–Kier alpha value is -1.10. The first-order valence-corrected chi connectivity index (χ1v) is 6.46. The van der Waals surface area contributed by atoms with Crippen LogP contribution in [0.3, 0.4) is 0 Å². The maximum Gasteiger partial charge on any atom is 0.120 e. The van der Waals surface area contributed by atoms with Gasteiger partial charge in [-0.3, -0.25) is 0 Å². The smallest absolute Gasteiger partial charge is 0.120 e. The van der Waals surface area contributed by atoms with Crippen molar-refractivity contribution in [3.63, 3.8) is 0 Å². The summed E-state index contributed by atoms with van der Waals surface area (Å²) in [5.41, 5.74) is 0.111. The minimum Gasteiger partial charge on any atom is -0.508 e. The first kappa shape index (κ1) is 13.3. The minimum atomic E-state index is -0.766. The number of benzene rings is 1. The Bertz CT molecular complexity index is 388. The SMILES string of the molecule is CCC(NCC1(O)CCOC1)c1ccccc1O. The van der Waals surface area contributed by atoms with E-state index in [0.717, 1.165) is 12.0 Å². The van der Waals surface area contributed by atoms with Crippen molar-refractivity contribution >= 4 is 0 Å². The van der Waals surface area contributed by atoms with Crippen LogP contribution < -0.4 is 5.32 Å². The molecule has 100 valence electrons. The Balaban J connectivity index is 1.99. The zero-order chi connectivity index (χ0) is 13.0. The van der Waals surface area contributed by atoms with E-state index in [2.05, 4.69) is 12.2 Å². The molecule has 2 unspecified atom stereocenters. The predicted molar refractivity (Wildman–Crippen MR) is 69.5 cm³/mol. The third-order valence-corrected chi connectivity index (χ3v) is 3.48. The molecule has 2 atom stereocenters. The summed E-state index contributed by atoms with van der Waals surface area (Å²) >= 11 is 0. The van der Waals surface area contributed by atoms with Gasteiger partial charge in [0.15, 0.2) is 0 Å². The topological polar surface area (TPSA) is 61.7 Å². The highest BCUT2D eigenvalue weighted by Crippen LogP contribution is 2.27. The molecule has 18 heavy (non-hydrogen) atoms. The summed E-state index contributed by atoms with van der Waals surface area (Å²) in [6.07, 6.45) is 1.52. The van der Waals surface area contributed by atoms with Gasteiger partial charge in [0.05, 0.1) is 6.61 Å². The molecule has 1 aromatic rings. The summed E-state index contributed by atoms with van der Waals surface area (Å²) in [5.74, 6) is 0.298. The number of aromatic hydroxyl groups is 1. The number of para-hydroxylation sites is 1. The van der Waals surface area contributed by atoms with Crippen LogP contribution in [0.2, 0.25) is 0 Å². The van der Waals surface area contributed by atoms with Gasteiger partial charge in [-0.25, -0.2) is 0 Å². The molecule has 1 aromatic carbocycles. The lowest BCUT2D eigenvalue weighted by Crippen LogP contribution is -2.42. The Kier molecular flexibility index (Phi) is 4.22. The number of phenolic OH excluding ortho intramolecular Hbond substituents is 1. The van der Waals surface area contributed by atoms with Crippen molar-refractivity contribution in [2.24, 2.45) is 0 Å². The van der Waals surface area contributed by atoms with Gasteiger partial charge in [-0.2, -0.15) is 0 Å². The maximum atomic E-state index is 10.2. The predicted octanol–water partition coefficient (Wildman–Crippen LogP) is 1.58. The Morgan fingerprint density at radius 2 is 2.22 bits per heavy atom. The standard InChI is InChI=1S/C14H21NO3/c1-2-12(11-5-3-4-6-13(11)16)15-9-14(17)7-8-18-10-14/h3-6,12,15-17H,2,7-10H2,1H3. The summed E-state index contributed by atoms with van der Waals surface area (Å²) in [4.78, 5) is 0. The average Bonchev–Trinajstić information content (AvgIpc) is 2.79. The van der Waals surface area contributed by atoms with Crippen molar-refractivity contribution in [3.8, 4) is 5.75 Å². The normalized spacial score (nSPS) is 25.2. The number of phenols is 1. The number of aliphatic hydroxyl groups is 1. The van der Waals surface area contributed by atoms with Crippen LogP contribution in [0.5, 0.6) is 5.75 Å². The summed E-state index contributed by atoms with van der Waals surface area (Å²) in [6, 6.07) is 7.37. The molecule has 3 N–H and O–H groups in total. The summed E-state index contributed by atoms with van der Waals surface area (Å²) in [6.45, 7) is 3.54. The highest BCUT2D eigenvalue weighted by molar-refractivity contribution is 5.34. The van der Waals surface area contributed by atoms with Gasteiger partial charge in [-0.05, 0) is 12.5 Å². The molecule has 1 saturated heterocycles. The van der Waals surface area contributed by atoms with Crippen molar-refractivity contribution in [2.45, 2.75) is 31.4 Å². The quantitative estimate of drug-likeness (QED) is 0.743. The number of rotatable bonds is 5. The first-order chi connectivity index (χ1) is 8.64. The Morgan fingerprint density at radius 3 is 2.83 bits per heavy atom. The third kappa shape index (κ3) is 3.02. The van der Waals surface area contributed by atoms with Crippen LogP contribution in [0, 0.1) is 0 Å². The lowest BCUT2D eigenvalue weighted by Gasteiger charge is -2.25. The molecular formula is C14H21NO3. The van der Waals surface area contributed by atoms with Gasteiger partial charge in [-0.15, -0.1) is 0 Å². The Labute approximate surface area is 108 Å². The molecule has 0 radical (unpaired) electrons. The number of hydrogen-bond acceptors (Lipinski definition) is 4. The van der Waals surface area contributed by atoms with Crippen LogP contribution in [0.1, 0.15) is 31.4 Å². The molecule has 1 aliphatic heterocycles. The fourth-order valence-corrected chi connectivity index (χ4v) is 2.31. The molecule has 2 rings (SSSR count). The number of hydrogen-bond donors (Lipinski definition) is 3. The molecule has 4 heteroatoms. The molecule has 0 bridgehead atoms. The summed E-state index contributed by atoms with van der Waals surface area (Å²) in [5, 5.41) is 23.4. The molecule has 0 aromatic heterocycles. The second-order valence-corrected chi connectivity index (χ2v) is 4.93. The second-order valence-electron chi connectivity index (χ2n) is 4.93. The van der Waals surface area contributed by atoms with Crippen LogP contribution in [0.15, 0.2) is 24.3 Å². The van der Waals surface area contributed by atoms with Crippen LogP contribution in [-0.4, -0.2) is 35.6 Å². The highest BCUT2D eigenvalue weighted by Gasteiger charge is 2.32. The van der Waals surface area contributed by atoms with Gasteiger partial charge in [0.2, 0.25) is 0 Å². The first-order valence-electron chi connectivity index (χ1n) is 6.46. The van der Waals surface area contributed by atoms with Crippen molar-refractivity contribution < 1.29 is 14.9 Å². The van der Waals surface area contributed by atoms with E-state index in [1.54, 1.807) is 6.07 Å². The summed E-state index contributed by atoms with van der Waals surface area (Å²) in [7, 11) is 0. The molecule has 0 spiro atoms. The molecule has 4 nitrogen and oxygen atoms in total. The zero-order valence-electron chi connectivity index (χ0n) is 10.7. The van der Waals surface area contributed by atoms with Gasteiger partial charge >= 0.3 is 0 Å². The molecule has 1 fully saturated rings. The number of nitrogens with one attached hydrogen (secondary N) is 1. The molecule has 0 amide bonds. The van der Waals surface area contributed by atoms with E-state index in [1.807, 2.05) is 18.2 Å². The van der Waals surface area contributed by atoms with Crippen LogP contribution in [0.25, 0.3) is 0 Å². The van der Waals surface area contributed by atoms with Crippen molar-refractivity contribution in [2.75, 3.05) is 19.8 Å². The third-order valence-electron chi connectivity index (χ3n) is 3.48. The number of ether oxygens (including phenoxy) is 1. The van der Waals surface area contributed by atoms with Crippen LogP contribution >= 0.6 is 0 Å². The van der Waals surface area contributed by atoms with E-state index in [9.17, 15) is 10.2 Å². The van der Waals surface area contributed by atoms with Crippen LogP contribution in [0.4, 0.5) is 0 Å². The van der Waals surface area contributed by atoms with E-state index in [4.69, 9.17) is 4.74 Å². The Morgan fingerprint density at radius 1 is 1.44 bits per heavy atom. The van der Waals surface area contributed by atoms with Gasteiger partial charge in [0, 0.05) is 31.2 Å². The molecule has 1 aliphatic rings. The van der Waals surface area contributed by atoms with Gasteiger partial charge in [0.1, 0.15) is 11.4 Å². The molecular weight excluding hydrogens is 230 g/mol. The van der Waals surface area contributed by atoms with Crippen molar-refractivity contribution in [3.05, 3.63) is 29.8 Å². The fraction of sp³-hybridized carbons (Fsp3) is 0.571. The fourth-order valence-electron chi connectivity index (χ4n) is 2.31. The molecule has 0 saturated carbocycles. The largest absolute Gasteiger partial charge is 0.508 e. The van der Waals surface area contributed by atoms with E-state index in [1.165, 1.54) is 0 Å². The van der Waals surface area contributed by atoms with E-state index in [0.29, 0.717) is 31.9 Å².